The third kappa shape index (κ3) is 4.01. The van der Waals surface area contributed by atoms with Gasteiger partial charge in [-0.15, -0.1) is 0 Å². The maximum atomic E-state index is 12.7. The Morgan fingerprint density at radius 3 is 2.50 bits per heavy atom. The number of anilines is 1. The summed E-state index contributed by atoms with van der Waals surface area (Å²) in [5.74, 6) is -0.906. The zero-order chi connectivity index (χ0) is 20.3. The lowest BCUT2D eigenvalue weighted by molar-refractivity contribution is -0.144. The van der Waals surface area contributed by atoms with Crippen molar-refractivity contribution in [3.63, 3.8) is 0 Å². The molecule has 2 amide bonds. The Bertz CT molecular complexity index is 956. The second-order valence-corrected chi connectivity index (χ2v) is 6.85. The number of nitrogens with zero attached hydrogens (tertiary/aromatic N) is 1. The fourth-order valence-electron chi connectivity index (χ4n) is 2.53. The third-order valence-electron chi connectivity index (χ3n) is 3.95. The van der Waals surface area contributed by atoms with Crippen LogP contribution in [0.4, 0.5) is 10.5 Å². The molecule has 0 aromatic heterocycles. The number of aliphatic carboxylic acids is 1. The summed E-state index contributed by atoms with van der Waals surface area (Å²) in [6.07, 6.45) is 0.544. The van der Waals surface area contributed by atoms with E-state index in [1.165, 1.54) is 14.0 Å². The van der Waals surface area contributed by atoms with Gasteiger partial charge < -0.3 is 14.6 Å². The van der Waals surface area contributed by atoms with Gasteiger partial charge in [0.15, 0.2) is 17.6 Å². The monoisotopic (exact) mass is 399 g/mol. The van der Waals surface area contributed by atoms with E-state index in [2.05, 4.69) is 0 Å². The minimum Gasteiger partial charge on any atom is -0.493 e. The first-order chi connectivity index (χ1) is 13.4. The molecule has 8 heteroatoms. The molecule has 1 heterocycles. The molecule has 0 aliphatic carbocycles. The summed E-state index contributed by atoms with van der Waals surface area (Å²) in [5.41, 5.74) is 1.13. The molecule has 0 unspecified atom stereocenters. The van der Waals surface area contributed by atoms with Crippen LogP contribution >= 0.6 is 11.8 Å². The normalized spacial score (nSPS) is 16.4. The minimum absolute atomic E-state index is 0.270. The van der Waals surface area contributed by atoms with E-state index < -0.39 is 18.0 Å². The Morgan fingerprint density at radius 1 is 1.14 bits per heavy atom. The average molecular weight is 399 g/mol. The van der Waals surface area contributed by atoms with Gasteiger partial charge in [-0.3, -0.25) is 9.59 Å². The Labute approximate surface area is 165 Å². The van der Waals surface area contributed by atoms with Crippen molar-refractivity contribution in [3.05, 3.63) is 59.0 Å². The molecule has 7 nitrogen and oxygen atoms in total. The van der Waals surface area contributed by atoms with E-state index in [9.17, 15) is 14.4 Å². The molecule has 0 spiro atoms. The van der Waals surface area contributed by atoms with Crippen LogP contribution in [0.3, 0.4) is 0 Å². The second kappa shape index (κ2) is 8.18. The summed E-state index contributed by atoms with van der Waals surface area (Å²) in [5, 5.41) is 8.60. The Hall–Kier alpha value is -3.26. The Balaban J connectivity index is 1.86. The van der Waals surface area contributed by atoms with Crippen LogP contribution in [-0.4, -0.2) is 35.4 Å². The molecule has 2 aromatic carbocycles. The van der Waals surface area contributed by atoms with E-state index in [-0.39, 0.29) is 15.9 Å². The van der Waals surface area contributed by atoms with Crippen molar-refractivity contribution in [2.24, 2.45) is 0 Å². The molecule has 1 saturated heterocycles. The number of para-hydroxylation sites is 1. The van der Waals surface area contributed by atoms with E-state index in [0.29, 0.717) is 17.0 Å². The molecule has 0 radical (unpaired) electrons. The zero-order valence-electron chi connectivity index (χ0n) is 15.1. The van der Waals surface area contributed by atoms with Gasteiger partial charge in [0.05, 0.1) is 17.7 Å². The lowest BCUT2D eigenvalue weighted by Gasteiger charge is -2.14. The van der Waals surface area contributed by atoms with Crippen LogP contribution in [0.25, 0.3) is 6.08 Å². The van der Waals surface area contributed by atoms with Crippen LogP contribution in [0.5, 0.6) is 11.5 Å². The number of imide groups is 1. The lowest BCUT2D eigenvalue weighted by atomic mass is 10.1. The number of carbonyl (C=O) groups excluding carboxylic acids is 2. The van der Waals surface area contributed by atoms with Gasteiger partial charge >= 0.3 is 5.97 Å². The molecule has 1 aliphatic rings. The third-order valence-corrected chi connectivity index (χ3v) is 4.81. The number of benzene rings is 2. The van der Waals surface area contributed by atoms with Crippen LogP contribution < -0.4 is 14.4 Å². The first-order valence-corrected chi connectivity index (χ1v) is 9.13. The van der Waals surface area contributed by atoms with Crippen LogP contribution in [-0.2, 0) is 9.59 Å². The molecule has 1 fully saturated rings. The maximum Gasteiger partial charge on any atom is 0.344 e. The van der Waals surface area contributed by atoms with Crippen molar-refractivity contribution in [3.8, 4) is 11.5 Å². The highest BCUT2D eigenvalue weighted by Gasteiger charge is 2.36. The fourth-order valence-corrected chi connectivity index (χ4v) is 3.37. The SMILES string of the molecule is COc1cc(/C=C2\SC(=O)N(c3ccccc3)C2=O)ccc1O[C@@H](C)C(=O)O. The molecule has 144 valence electrons. The van der Waals surface area contributed by atoms with Crippen molar-refractivity contribution < 1.29 is 29.0 Å². The largest absolute Gasteiger partial charge is 0.493 e. The summed E-state index contributed by atoms with van der Waals surface area (Å²) in [6.45, 7) is 1.41. The molecule has 0 bridgehead atoms. The predicted molar refractivity (Wildman–Crippen MR) is 106 cm³/mol. The molecule has 3 rings (SSSR count). The number of hydrogen-bond donors (Lipinski definition) is 1. The van der Waals surface area contributed by atoms with Crippen molar-refractivity contribution in [2.45, 2.75) is 13.0 Å². The van der Waals surface area contributed by atoms with Gasteiger partial charge in [0.1, 0.15) is 0 Å². The summed E-state index contributed by atoms with van der Waals surface area (Å²) in [6, 6.07) is 13.5. The van der Waals surface area contributed by atoms with E-state index in [4.69, 9.17) is 14.6 Å². The number of rotatable bonds is 6. The average Bonchev–Trinajstić information content (AvgIpc) is 2.96. The lowest BCUT2D eigenvalue weighted by Crippen LogP contribution is -2.27. The second-order valence-electron chi connectivity index (χ2n) is 5.86. The number of hydrogen-bond acceptors (Lipinski definition) is 6. The number of methoxy groups -OCH3 is 1. The van der Waals surface area contributed by atoms with Crippen molar-refractivity contribution in [1.29, 1.82) is 0 Å². The highest BCUT2D eigenvalue weighted by Crippen LogP contribution is 2.37. The van der Waals surface area contributed by atoms with Crippen LogP contribution in [0.15, 0.2) is 53.4 Å². The van der Waals surface area contributed by atoms with Gasteiger partial charge in [-0.2, -0.15) is 0 Å². The number of carbonyl (C=O) groups is 3. The number of carboxylic acids is 1. The van der Waals surface area contributed by atoms with E-state index >= 15 is 0 Å². The molecule has 1 N–H and O–H groups in total. The van der Waals surface area contributed by atoms with Gasteiger partial charge in [0.2, 0.25) is 0 Å². The summed E-state index contributed by atoms with van der Waals surface area (Å²) < 4.78 is 10.6. The number of carboxylic acid groups (broad SMARTS) is 1. The van der Waals surface area contributed by atoms with Crippen LogP contribution in [0.1, 0.15) is 12.5 Å². The topological polar surface area (TPSA) is 93.1 Å². The number of amides is 2. The Morgan fingerprint density at radius 2 is 1.86 bits per heavy atom. The summed E-state index contributed by atoms with van der Waals surface area (Å²) in [4.78, 5) is 37.3. The Kier molecular flexibility index (Phi) is 5.70. The van der Waals surface area contributed by atoms with Gasteiger partial charge in [0, 0.05) is 0 Å². The molecule has 28 heavy (non-hydrogen) atoms. The zero-order valence-corrected chi connectivity index (χ0v) is 15.9. The number of thioether (sulfide) groups is 1. The van der Waals surface area contributed by atoms with Crippen molar-refractivity contribution in [2.75, 3.05) is 12.0 Å². The van der Waals surface area contributed by atoms with E-state index in [1.54, 1.807) is 54.6 Å². The smallest absolute Gasteiger partial charge is 0.344 e. The molecular formula is C20H17NO6S. The van der Waals surface area contributed by atoms with Gasteiger partial charge in [-0.05, 0) is 54.6 Å². The van der Waals surface area contributed by atoms with Crippen LogP contribution in [0.2, 0.25) is 0 Å². The molecule has 2 aromatic rings. The molecule has 1 atom stereocenters. The van der Waals surface area contributed by atoms with Gasteiger partial charge in [-0.25, -0.2) is 9.69 Å². The summed E-state index contributed by atoms with van der Waals surface area (Å²) in [7, 11) is 1.43. The molecule has 1 aliphatic heterocycles. The fraction of sp³-hybridized carbons (Fsp3) is 0.150. The predicted octanol–water partition coefficient (Wildman–Crippen LogP) is 3.79. The molecular weight excluding hydrogens is 382 g/mol. The quantitative estimate of drug-likeness (QED) is 0.739. The highest BCUT2D eigenvalue weighted by molar-refractivity contribution is 8.19. The number of ether oxygens (including phenoxy) is 2. The van der Waals surface area contributed by atoms with Gasteiger partial charge in [0.25, 0.3) is 11.1 Å². The molecule has 0 saturated carbocycles. The van der Waals surface area contributed by atoms with Gasteiger partial charge in [-0.1, -0.05) is 24.3 Å². The first-order valence-electron chi connectivity index (χ1n) is 8.31. The first kappa shape index (κ1) is 19.5. The summed E-state index contributed by atoms with van der Waals surface area (Å²) >= 11 is 0.852. The van der Waals surface area contributed by atoms with E-state index in [1.807, 2.05) is 0 Å². The maximum absolute atomic E-state index is 12.7. The van der Waals surface area contributed by atoms with Crippen molar-refractivity contribution in [1.82, 2.24) is 0 Å². The standard InChI is InChI=1S/C20H17NO6S/c1-12(19(23)24)27-15-9-8-13(10-16(15)26-2)11-17-18(22)21(20(25)28-17)14-6-4-3-5-7-14/h3-12H,1-2H3,(H,23,24)/b17-11-/t12-/m0/s1. The van der Waals surface area contributed by atoms with Crippen LogP contribution in [0, 0.1) is 0 Å². The van der Waals surface area contributed by atoms with E-state index in [0.717, 1.165) is 16.7 Å². The highest BCUT2D eigenvalue weighted by atomic mass is 32.2. The van der Waals surface area contributed by atoms with Crippen molar-refractivity contribution >= 4 is 40.6 Å². The minimum atomic E-state index is -1.10.